The van der Waals surface area contributed by atoms with Gasteiger partial charge in [-0.1, -0.05) is 6.07 Å². The average molecular weight is 198 g/mol. The van der Waals surface area contributed by atoms with Crippen LogP contribution in [-0.4, -0.2) is 15.0 Å². The molecule has 2 rings (SSSR count). The molecule has 0 aliphatic rings. The Morgan fingerprint density at radius 2 is 2.20 bits per heavy atom. The number of pyridine rings is 1. The number of aromatic nitrogens is 3. The molecule has 0 unspecified atom stereocenters. The Hall–Kier alpha value is -2.48. The predicted octanol–water partition coefficient (Wildman–Crippen LogP) is 0.704. The molecular weight excluding hydrogens is 192 g/mol. The summed E-state index contributed by atoms with van der Waals surface area (Å²) < 4.78 is 0. The summed E-state index contributed by atoms with van der Waals surface area (Å²) in [6, 6.07) is 7.04. The lowest BCUT2D eigenvalue weighted by Crippen LogP contribution is -2.12. The van der Waals surface area contributed by atoms with Gasteiger partial charge >= 0.3 is 0 Å². The van der Waals surface area contributed by atoms with Crippen LogP contribution >= 0.6 is 0 Å². The molecule has 0 aliphatic carbocycles. The van der Waals surface area contributed by atoms with Crippen LogP contribution in [0.3, 0.4) is 0 Å². The van der Waals surface area contributed by atoms with Crippen LogP contribution in [0.4, 0.5) is 0 Å². The zero-order valence-corrected chi connectivity index (χ0v) is 7.64. The van der Waals surface area contributed by atoms with E-state index in [2.05, 4.69) is 15.0 Å². The van der Waals surface area contributed by atoms with Gasteiger partial charge in [0.1, 0.15) is 17.3 Å². The molecule has 2 heterocycles. The quantitative estimate of drug-likeness (QED) is 0.731. The second-order valence-corrected chi connectivity index (χ2v) is 2.80. The molecule has 72 valence electrons. The molecule has 0 bridgehead atoms. The molecule has 0 spiro atoms. The van der Waals surface area contributed by atoms with Gasteiger partial charge in [0.15, 0.2) is 5.82 Å². The molecule has 2 aromatic rings. The standard InChI is InChI=1S/C10H6N4O/c11-5-7-6-13-9(14-10(7)15)8-3-1-2-4-12-8/h1-4,6H,(H,13,14,15). The van der Waals surface area contributed by atoms with Crippen LogP contribution in [0.15, 0.2) is 35.4 Å². The van der Waals surface area contributed by atoms with Crippen molar-refractivity contribution < 1.29 is 0 Å². The third-order valence-corrected chi connectivity index (χ3v) is 1.83. The minimum absolute atomic E-state index is 0.00492. The first-order chi connectivity index (χ1) is 7.31. The normalized spacial score (nSPS) is 9.53. The van der Waals surface area contributed by atoms with Gasteiger partial charge in [0.2, 0.25) is 0 Å². The second kappa shape index (κ2) is 3.72. The summed E-state index contributed by atoms with van der Waals surface area (Å²) >= 11 is 0. The Kier molecular flexibility index (Phi) is 2.25. The van der Waals surface area contributed by atoms with Crippen LogP contribution in [0.1, 0.15) is 5.56 Å². The van der Waals surface area contributed by atoms with E-state index in [4.69, 9.17) is 5.26 Å². The molecule has 0 amide bonds. The van der Waals surface area contributed by atoms with Crippen molar-refractivity contribution in [3.05, 3.63) is 46.5 Å². The highest BCUT2D eigenvalue weighted by Gasteiger charge is 2.03. The van der Waals surface area contributed by atoms with Crippen molar-refractivity contribution in [2.45, 2.75) is 0 Å². The molecule has 0 saturated heterocycles. The minimum Gasteiger partial charge on any atom is -0.304 e. The van der Waals surface area contributed by atoms with Gasteiger partial charge in [0.25, 0.3) is 5.56 Å². The number of hydrogen-bond donors (Lipinski definition) is 1. The smallest absolute Gasteiger partial charge is 0.269 e. The number of rotatable bonds is 1. The Balaban J connectivity index is 2.54. The number of aromatic amines is 1. The van der Waals surface area contributed by atoms with E-state index in [9.17, 15) is 4.79 Å². The zero-order valence-electron chi connectivity index (χ0n) is 7.64. The molecule has 2 aromatic heterocycles. The first kappa shape index (κ1) is 9.09. The predicted molar refractivity (Wildman–Crippen MR) is 52.8 cm³/mol. The Bertz CT molecular complexity index is 568. The number of nitriles is 1. The van der Waals surface area contributed by atoms with Crippen molar-refractivity contribution in [3.8, 4) is 17.6 Å². The SMILES string of the molecule is N#Cc1cnc(-c2ccccn2)[nH]c1=O. The van der Waals surface area contributed by atoms with Crippen LogP contribution in [0.5, 0.6) is 0 Å². The first-order valence-corrected chi connectivity index (χ1v) is 4.22. The van der Waals surface area contributed by atoms with E-state index >= 15 is 0 Å². The molecule has 0 radical (unpaired) electrons. The van der Waals surface area contributed by atoms with Gasteiger partial charge < -0.3 is 4.98 Å². The second-order valence-electron chi connectivity index (χ2n) is 2.80. The fourth-order valence-corrected chi connectivity index (χ4v) is 1.11. The Morgan fingerprint density at radius 3 is 2.80 bits per heavy atom. The topological polar surface area (TPSA) is 82.4 Å². The van der Waals surface area contributed by atoms with Crippen molar-refractivity contribution in [2.24, 2.45) is 0 Å². The summed E-state index contributed by atoms with van der Waals surface area (Å²) in [6.45, 7) is 0. The molecule has 5 heteroatoms. The molecule has 15 heavy (non-hydrogen) atoms. The summed E-state index contributed by atoms with van der Waals surface area (Å²) in [5.41, 5.74) is 0.113. The van der Waals surface area contributed by atoms with E-state index in [1.165, 1.54) is 6.20 Å². The molecule has 0 aromatic carbocycles. The lowest BCUT2D eigenvalue weighted by atomic mass is 10.3. The molecule has 0 fully saturated rings. The molecule has 0 atom stereocenters. The fraction of sp³-hybridized carbons (Fsp3) is 0. The van der Waals surface area contributed by atoms with Gasteiger partial charge in [0.05, 0.1) is 6.20 Å². The van der Waals surface area contributed by atoms with Crippen molar-refractivity contribution in [3.63, 3.8) is 0 Å². The monoisotopic (exact) mass is 198 g/mol. The van der Waals surface area contributed by atoms with E-state index in [1.54, 1.807) is 30.5 Å². The molecule has 1 N–H and O–H groups in total. The van der Waals surface area contributed by atoms with Crippen LogP contribution in [0.25, 0.3) is 11.5 Å². The van der Waals surface area contributed by atoms with Gasteiger partial charge in [-0.2, -0.15) is 5.26 Å². The summed E-state index contributed by atoms with van der Waals surface area (Å²) in [5, 5.41) is 8.55. The van der Waals surface area contributed by atoms with E-state index in [-0.39, 0.29) is 5.56 Å². The van der Waals surface area contributed by atoms with Crippen molar-refractivity contribution >= 4 is 0 Å². The van der Waals surface area contributed by atoms with E-state index in [0.717, 1.165) is 0 Å². The Morgan fingerprint density at radius 1 is 1.33 bits per heavy atom. The van der Waals surface area contributed by atoms with Gasteiger partial charge in [0, 0.05) is 6.20 Å². The molecule has 0 aliphatic heterocycles. The van der Waals surface area contributed by atoms with Crippen LogP contribution in [0, 0.1) is 11.3 Å². The Labute approximate surface area is 85.1 Å². The van der Waals surface area contributed by atoms with Crippen LogP contribution < -0.4 is 5.56 Å². The lowest BCUT2D eigenvalue weighted by Gasteiger charge is -1.97. The first-order valence-electron chi connectivity index (χ1n) is 4.22. The van der Waals surface area contributed by atoms with E-state index in [1.807, 2.05) is 0 Å². The summed E-state index contributed by atoms with van der Waals surface area (Å²) in [5.74, 6) is 0.361. The summed E-state index contributed by atoms with van der Waals surface area (Å²) in [4.78, 5) is 21.8. The maximum atomic E-state index is 11.3. The maximum absolute atomic E-state index is 11.3. The summed E-state index contributed by atoms with van der Waals surface area (Å²) in [6.07, 6.45) is 2.84. The van der Waals surface area contributed by atoms with Gasteiger partial charge in [-0.15, -0.1) is 0 Å². The van der Waals surface area contributed by atoms with Gasteiger partial charge in [-0.25, -0.2) is 4.98 Å². The van der Waals surface area contributed by atoms with Crippen LogP contribution in [0.2, 0.25) is 0 Å². The largest absolute Gasteiger partial charge is 0.304 e. The van der Waals surface area contributed by atoms with E-state index < -0.39 is 5.56 Å². The number of nitrogens with one attached hydrogen (secondary N) is 1. The lowest BCUT2D eigenvalue weighted by molar-refractivity contribution is 1.09. The van der Waals surface area contributed by atoms with Gasteiger partial charge in [-0.3, -0.25) is 9.78 Å². The van der Waals surface area contributed by atoms with Crippen molar-refractivity contribution in [1.29, 1.82) is 5.26 Å². The average Bonchev–Trinajstić information content (AvgIpc) is 2.30. The summed E-state index contributed by atoms with van der Waals surface area (Å²) in [7, 11) is 0. The van der Waals surface area contributed by atoms with Crippen molar-refractivity contribution in [1.82, 2.24) is 15.0 Å². The maximum Gasteiger partial charge on any atom is 0.269 e. The third-order valence-electron chi connectivity index (χ3n) is 1.83. The third kappa shape index (κ3) is 1.74. The number of hydrogen-bond acceptors (Lipinski definition) is 4. The fourth-order valence-electron chi connectivity index (χ4n) is 1.11. The zero-order chi connectivity index (χ0) is 10.7. The van der Waals surface area contributed by atoms with Crippen molar-refractivity contribution in [2.75, 3.05) is 0 Å². The highest BCUT2D eigenvalue weighted by atomic mass is 16.1. The molecule has 5 nitrogen and oxygen atoms in total. The number of nitrogens with zero attached hydrogens (tertiary/aromatic N) is 3. The van der Waals surface area contributed by atoms with Crippen LogP contribution in [-0.2, 0) is 0 Å². The molecular formula is C10H6N4O. The molecule has 0 saturated carbocycles. The highest BCUT2D eigenvalue weighted by Crippen LogP contribution is 2.07. The van der Waals surface area contributed by atoms with E-state index in [0.29, 0.717) is 11.5 Å². The highest BCUT2D eigenvalue weighted by molar-refractivity contribution is 5.48. The number of H-pyrrole nitrogens is 1. The minimum atomic E-state index is -0.451. The van der Waals surface area contributed by atoms with Gasteiger partial charge in [-0.05, 0) is 12.1 Å².